The summed E-state index contributed by atoms with van der Waals surface area (Å²) in [5.41, 5.74) is 2.79. The van der Waals surface area contributed by atoms with Gasteiger partial charge in [-0.25, -0.2) is 19.6 Å². The number of hydrogen-bond acceptors (Lipinski definition) is 11. The summed E-state index contributed by atoms with van der Waals surface area (Å²) in [6.45, 7) is 25.1. The number of aromatic nitrogens is 4. The summed E-state index contributed by atoms with van der Waals surface area (Å²) < 4.78 is 89.1. The second-order valence-corrected chi connectivity index (χ2v) is 22.5. The number of carbonyl (C=O) groups is 2. The maximum Gasteiger partial charge on any atom is 0.534 e. The van der Waals surface area contributed by atoms with Crippen molar-refractivity contribution in [1.82, 2.24) is 28.9 Å². The Balaban J connectivity index is 0.000000179. The van der Waals surface area contributed by atoms with Gasteiger partial charge in [0.2, 0.25) is 0 Å². The molecule has 0 saturated carbocycles. The monoisotopic (exact) mass is 1030 g/mol. The molecule has 2 aromatic heterocycles. The van der Waals surface area contributed by atoms with Crippen molar-refractivity contribution >= 4 is 51.5 Å². The van der Waals surface area contributed by atoms with Gasteiger partial charge >= 0.3 is 34.9 Å². The Labute approximate surface area is 428 Å². The second kappa shape index (κ2) is 23.0. The van der Waals surface area contributed by atoms with Crippen molar-refractivity contribution in [3.8, 4) is 5.75 Å². The van der Waals surface area contributed by atoms with Crippen LogP contribution in [0.25, 0.3) is 22.1 Å². The first-order valence-electron chi connectivity index (χ1n) is 24.0. The molecule has 1 fully saturated rings. The van der Waals surface area contributed by atoms with Gasteiger partial charge in [-0.3, -0.25) is 0 Å². The minimum atomic E-state index is -5.71. The van der Waals surface area contributed by atoms with Crippen molar-refractivity contribution < 1.29 is 54.1 Å². The van der Waals surface area contributed by atoms with E-state index in [2.05, 4.69) is 79.1 Å². The van der Waals surface area contributed by atoms with Crippen molar-refractivity contribution in [1.29, 1.82) is 0 Å². The smallest absolute Gasteiger partial charge is 0.444 e. The topological polar surface area (TPSA) is 157 Å². The highest BCUT2D eigenvalue weighted by atomic mass is 32.2. The molecular formula is C53H70BF3N6O9S. The lowest BCUT2D eigenvalue weighted by Gasteiger charge is -2.32. The number of nitrogens with zero attached hydrogens (tertiary/aromatic N) is 6. The molecule has 396 valence electrons. The van der Waals surface area contributed by atoms with Crippen molar-refractivity contribution in [2.45, 2.75) is 137 Å². The van der Waals surface area contributed by atoms with E-state index in [-0.39, 0.29) is 31.0 Å². The van der Waals surface area contributed by atoms with E-state index in [1.807, 2.05) is 99.9 Å². The van der Waals surface area contributed by atoms with Gasteiger partial charge in [0.05, 0.1) is 45.9 Å². The van der Waals surface area contributed by atoms with Crippen LogP contribution < -0.4 is 4.18 Å². The van der Waals surface area contributed by atoms with Crippen LogP contribution in [0.1, 0.15) is 97.1 Å². The minimum Gasteiger partial charge on any atom is -0.444 e. The Morgan fingerprint density at radius 1 is 0.644 bits per heavy atom. The zero-order valence-electron chi connectivity index (χ0n) is 44.5. The normalized spacial score (nSPS) is 15.9. The van der Waals surface area contributed by atoms with Crippen molar-refractivity contribution in [3.05, 3.63) is 125 Å². The first-order chi connectivity index (χ1) is 33.7. The molecule has 1 saturated heterocycles. The van der Waals surface area contributed by atoms with E-state index < -0.39 is 38.7 Å². The van der Waals surface area contributed by atoms with E-state index in [0.29, 0.717) is 30.6 Å². The molecule has 4 aromatic carbocycles. The number of ether oxygens (including phenoxy) is 2. The zero-order chi connectivity index (χ0) is 54.3. The molecule has 0 radical (unpaired) electrons. The summed E-state index contributed by atoms with van der Waals surface area (Å²) >= 11 is 0. The maximum absolute atomic E-state index is 12.4. The predicted molar refractivity (Wildman–Crippen MR) is 277 cm³/mol. The van der Waals surface area contributed by atoms with Crippen molar-refractivity contribution in [2.75, 3.05) is 13.1 Å². The van der Waals surface area contributed by atoms with E-state index in [0.717, 1.165) is 30.1 Å². The number of aryl methyl sites for hydroxylation is 3. The number of rotatable bonds is 2. The fraction of sp³-hybridized carbons (Fsp3) is 0.472. The molecule has 3 aliphatic heterocycles. The summed E-state index contributed by atoms with van der Waals surface area (Å²) in [6.07, 6.45) is 4.20. The molecule has 0 spiro atoms. The number of fused-ring (bicyclic) bond motifs is 4. The van der Waals surface area contributed by atoms with Crippen LogP contribution in [0, 0.1) is 6.92 Å². The lowest BCUT2D eigenvalue weighted by molar-refractivity contribution is -0.0500. The number of hydrogen-bond donors (Lipinski definition) is 0. The van der Waals surface area contributed by atoms with Crippen LogP contribution >= 0.6 is 0 Å². The van der Waals surface area contributed by atoms with Crippen molar-refractivity contribution in [3.63, 3.8) is 0 Å². The highest BCUT2D eigenvalue weighted by Gasteiger charge is 2.49. The molecule has 0 atom stereocenters. The summed E-state index contributed by atoms with van der Waals surface area (Å²) in [5, 5.41) is 0. The van der Waals surface area contributed by atoms with Crippen molar-refractivity contribution in [2.24, 2.45) is 14.1 Å². The van der Waals surface area contributed by atoms with Gasteiger partial charge < -0.3 is 41.9 Å². The zero-order valence-corrected chi connectivity index (χ0v) is 45.3. The van der Waals surface area contributed by atoms with Crippen LogP contribution in [-0.2, 0) is 68.9 Å². The third-order valence-corrected chi connectivity index (χ3v) is 13.0. The summed E-state index contributed by atoms with van der Waals surface area (Å²) in [7, 11) is -1.78. The third-order valence-electron chi connectivity index (χ3n) is 12.0. The number of amides is 2. The SMILES string of the molecule is CB1OC(C)(C)C(C)(C)O1.CC(C)(C)OC(=O)N1CCc2cc(OS(=O)(=O)C(F)(F)F)ccc2C1.Cc1ccc2c(c1)CCN(C(=O)OC(C)(C)C)C2.Cn1cnc2ccccc21.Cn1cnc2ccccc21. The molecule has 3 aliphatic rings. The highest BCUT2D eigenvalue weighted by molar-refractivity contribution is 7.88. The van der Waals surface area contributed by atoms with Gasteiger partial charge in [-0.05, 0) is 154 Å². The molecular weight excluding hydrogens is 964 g/mol. The fourth-order valence-electron chi connectivity index (χ4n) is 7.70. The van der Waals surface area contributed by atoms with Gasteiger partial charge in [0.1, 0.15) is 17.0 Å². The molecule has 73 heavy (non-hydrogen) atoms. The molecule has 5 heterocycles. The number of alkyl halides is 3. The average molecular weight is 1040 g/mol. The van der Waals surface area contributed by atoms with Crippen LogP contribution in [0.2, 0.25) is 6.82 Å². The Morgan fingerprint density at radius 2 is 1.05 bits per heavy atom. The first kappa shape index (κ1) is 57.8. The van der Waals surface area contributed by atoms with E-state index in [9.17, 15) is 31.2 Å². The Hall–Kier alpha value is -6.12. The lowest BCUT2D eigenvalue weighted by Crippen LogP contribution is -2.41. The molecule has 6 aromatic rings. The van der Waals surface area contributed by atoms with Crippen LogP contribution in [0.15, 0.2) is 97.6 Å². The largest absolute Gasteiger partial charge is 0.534 e. The molecule has 0 N–H and O–H groups in total. The van der Waals surface area contributed by atoms with E-state index in [4.69, 9.17) is 18.8 Å². The average Bonchev–Trinajstić information content (AvgIpc) is 3.91. The van der Waals surface area contributed by atoms with E-state index in [1.54, 1.807) is 25.7 Å². The Morgan fingerprint density at radius 3 is 1.44 bits per heavy atom. The van der Waals surface area contributed by atoms with E-state index in [1.165, 1.54) is 44.8 Å². The molecule has 0 unspecified atom stereocenters. The Kier molecular flexibility index (Phi) is 18.2. The van der Waals surface area contributed by atoms with Crippen LogP contribution in [0.4, 0.5) is 22.8 Å². The van der Waals surface area contributed by atoms with Crippen LogP contribution in [0.5, 0.6) is 5.75 Å². The maximum atomic E-state index is 12.4. The number of halogens is 3. The van der Waals surface area contributed by atoms with Crippen LogP contribution in [0.3, 0.4) is 0 Å². The van der Waals surface area contributed by atoms with Gasteiger partial charge in [-0.1, -0.05) is 54.1 Å². The molecule has 15 nitrogen and oxygen atoms in total. The molecule has 2 amide bonds. The fourth-order valence-corrected chi connectivity index (χ4v) is 8.16. The van der Waals surface area contributed by atoms with Gasteiger partial charge in [0, 0.05) is 40.3 Å². The molecule has 0 bridgehead atoms. The van der Waals surface area contributed by atoms with E-state index >= 15 is 0 Å². The van der Waals surface area contributed by atoms with Gasteiger partial charge in [0.15, 0.2) is 0 Å². The highest BCUT2D eigenvalue weighted by Crippen LogP contribution is 2.36. The predicted octanol–water partition coefficient (Wildman–Crippen LogP) is 11.4. The van der Waals surface area contributed by atoms with Gasteiger partial charge in [-0.15, -0.1) is 0 Å². The second-order valence-electron chi connectivity index (χ2n) is 21.0. The molecule has 0 aliphatic carbocycles. The standard InChI is InChI=1S/C15H18F3NO5S.C15H21NO2.2C8H8N2.C7H15BO2/c1-14(2,3)23-13(20)19-7-6-10-8-12(5-4-11(10)9-19)24-25(21,22)15(16,17)18;1-11-5-6-13-10-16(8-7-12(13)9-11)14(17)18-15(2,3)4;2*1-10-6-9-7-4-2-3-5-8(7)10;1-6(2)7(3,4)10-8(5)9-6/h4-5,8H,6-7,9H2,1-3H3;5-6,9H,7-8,10H2,1-4H3;2*2-6H,1H3;1-5H3. The molecule has 20 heteroatoms. The molecule has 9 rings (SSSR count). The summed E-state index contributed by atoms with van der Waals surface area (Å²) in [6, 6.07) is 26.4. The lowest BCUT2D eigenvalue weighted by atomic mass is 9.90. The quantitative estimate of drug-likeness (QED) is 0.0924. The summed E-state index contributed by atoms with van der Waals surface area (Å²) in [5.74, 6) is -0.415. The minimum absolute atomic E-state index is 0.0648. The number of imidazole rings is 2. The van der Waals surface area contributed by atoms with Gasteiger partial charge in [0.25, 0.3) is 0 Å². The van der Waals surface area contributed by atoms with Gasteiger partial charge in [-0.2, -0.15) is 21.6 Å². The number of para-hydroxylation sites is 4. The third kappa shape index (κ3) is 16.2. The summed E-state index contributed by atoms with van der Waals surface area (Å²) in [4.78, 5) is 35.7. The Bertz CT molecular complexity index is 2870. The van der Waals surface area contributed by atoms with Crippen LogP contribution in [-0.4, -0.2) is 97.6 Å². The first-order valence-corrected chi connectivity index (χ1v) is 25.4. The number of benzene rings is 4. The number of carbonyl (C=O) groups excluding carboxylic acids is 2.